The maximum atomic E-state index is 5.38. The lowest BCUT2D eigenvalue weighted by molar-refractivity contribution is 0.0662. The summed E-state index contributed by atoms with van der Waals surface area (Å²) in [6.45, 7) is 3.81. The Balaban J connectivity index is 1.62. The van der Waals surface area contributed by atoms with Crippen molar-refractivity contribution in [2.24, 2.45) is 5.92 Å². The summed E-state index contributed by atoms with van der Waals surface area (Å²) in [5, 5.41) is 4.78. The zero-order chi connectivity index (χ0) is 12.9. The number of nitrogens with one attached hydrogen (secondary N) is 1. The lowest BCUT2D eigenvalue weighted by Crippen LogP contribution is -2.27. The van der Waals surface area contributed by atoms with E-state index in [0.717, 1.165) is 37.7 Å². The number of fused-ring (bicyclic) bond motifs is 1. The summed E-state index contributed by atoms with van der Waals surface area (Å²) in [5.74, 6) is 0.761. The largest absolute Gasteiger partial charge is 0.381 e. The van der Waals surface area contributed by atoms with Gasteiger partial charge in [0.15, 0.2) is 0 Å². The van der Waals surface area contributed by atoms with Gasteiger partial charge in [-0.3, -0.25) is 4.98 Å². The smallest absolute Gasteiger partial charge is 0.0746 e. The fourth-order valence-corrected chi connectivity index (χ4v) is 2.67. The number of rotatable bonds is 4. The van der Waals surface area contributed by atoms with E-state index in [1.54, 1.807) is 0 Å². The molecule has 0 atom stereocenters. The van der Waals surface area contributed by atoms with Crippen molar-refractivity contribution in [3.8, 4) is 0 Å². The van der Waals surface area contributed by atoms with Crippen molar-refractivity contribution in [3.63, 3.8) is 0 Å². The van der Waals surface area contributed by atoms with Crippen molar-refractivity contribution in [1.29, 1.82) is 0 Å². The first-order chi connectivity index (χ1) is 9.43. The highest BCUT2D eigenvalue weighted by atomic mass is 16.5. The van der Waals surface area contributed by atoms with E-state index < -0.39 is 0 Å². The molecule has 1 saturated heterocycles. The van der Waals surface area contributed by atoms with Gasteiger partial charge in [-0.2, -0.15) is 0 Å². The number of benzene rings is 1. The second kappa shape index (κ2) is 6.13. The lowest BCUT2D eigenvalue weighted by atomic mass is 10.0. The minimum absolute atomic E-state index is 0.761. The van der Waals surface area contributed by atoms with Crippen LogP contribution in [-0.4, -0.2) is 24.7 Å². The van der Waals surface area contributed by atoms with Gasteiger partial charge in [-0.15, -0.1) is 0 Å². The molecule has 1 aliphatic heterocycles. The summed E-state index contributed by atoms with van der Waals surface area (Å²) in [5.41, 5.74) is 2.40. The molecular weight excluding hydrogens is 236 g/mol. The van der Waals surface area contributed by atoms with Gasteiger partial charge in [0.05, 0.1) is 5.52 Å². The van der Waals surface area contributed by atoms with Crippen LogP contribution in [0.5, 0.6) is 0 Å². The molecule has 100 valence electrons. The third-order valence-corrected chi connectivity index (χ3v) is 3.81. The molecule has 3 nitrogen and oxygen atoms in total. The van der Waals surface area contributed by atoms with Crippen LogP contribution in [0.2, 0.25) is 0 Å². The third-order valence-electron chi connectivity index (χ3n) is 3.81. The van der Waals surface area contributed by atoms with Crippen LogP contribution in [0.1, 0.15) is 18.4 Å². The average Bonchev–Trinajstić information content (AvgIpc) is 2.49. The third kappa shape index (κ3) is 3.11. The Hall–Kier alpha value is -1.45. The summed E-state index contributed by atoms with van der Waals surface area (Å²) in [6.07, 6.45) is 4.23. The quantitative estimate of drug-likeness (QED) is 0.913. The maximum absolute atomic E-state index is 5.38. The maximum Gasteiger partial charge on any atom is 0.0746 e. The summed E-state index contributed by atoms with van der Waals surface area (Å²) in [4.78, 5) is 4.49. The molecule has 0 saturated carbocycles. The average molecular weight is 256 g/mol. The van der Waals surface area contributed by atoms with Crippen LogP contribution in [0.25, 0.3) is 10.9 Å². The first kappa shape index (κ1) is 12.6. The summed E-state index contributed by atoms with van der Waals surface area (Å²) >= 11 is 0. The van der Waals surface area contributed by atoms with Crippen LogP contribution in [-0.2, 0) is 11.3 Å². The Morgan fingerprint density at radius 2 is 2.00 bits per heavy atom. The fourth-order valence-electron chi connectivity index (χ4n) is 2.67. The summed E-state index contributed by atoms with van der Waals surface area (Å²) in [6, 6.07) is 10.5. The van der Waals surface area contributed by atoms with Crippen LogP contribution in [0.4, 0.5) is 0 Å². The van der Waals surface area contributed by atoms with Crippen LogP contribution in [0.3, 0.4) is 0 Å². The van der Waals surface area contributed by atoms with Crippen LogP contribution >= 0.6 is 0 Å². The molecule has 1 aliphatic rings. The number of para-hydroxylation sites is 1. The fraction of sp³-hybridized carbons (Fsp3) is 0.438. The number of aromatic nitrogens is 1. The van der Waals surface area contributed by atoms with Crippen molar-refractivity contribution in [1.82, 2.24) is 10.3 Å². The number of pyridine rings is 1. The first-order valence-corrected chi connectivity index (χ1v) is 7.04. The van der Waals surface area contributed by atoms with E-state index >= 15 is 0 Å². The SMILES string of the molecule is c1cnc2c(CNCC3CCOCC3)cccc2c1. The second-order valence-corrected chi connectivity index (χ2v) is 5.18. The minimum atomic E-state index is 0.761. The van der Waals surface area contributed by atoms with Gasteiger partial charge in [-0.05, 0) is 36.9 Å². The lowest BCUT2D eigenvalue weighted by Gasteiger charge is -2.22. The van der Waals surface area contributed by atoms with E-state index in [2.05, 4.69) is 34.6 Å². The molecule has 1 N–H and O–H groups in total. The number of hydrogen-bond donors (Lipinski definition) is 1. The van der Waals surface area contributed by atoms with E-state index in [4.69, 9.17) is 4.74 Å². The van der Waals surface area contributed by atoms with Gasteiger partial charge in [0.25, 0.3) is 0 Å². The summed E-state index contributed by atoms with van der Waals surface area (Å²) in [7, 11) is 0. The topological polar surface area (TPSA) is 34.2 Å². The normalized spacial score (nSPS) is 16.8. The Kier molecular flexibility index (Phi) is 4.06. The number of hydrogen-bond acceptors (Lipinski definition) is 3. The zero-order valence-corrected chi connectivity index (χ0v) is 11.1. The highest BCUT2D eigenvalue weighted by molar-refractivity contribution is 5.81. The molecule has 2 aromatic rings. The van der Waals surface area contributed by atoms with E-state index in [-0.39, 0.29) is 0 Å². The van der Waals surface area contributed by atoms with E-state index in [1.807, 2.05) is 12.3 Å². The van der Waals surface area contributed by atoms with Crippen molar-refractivity contribution in [2.75, 3.05) is 19.8 Å². The molecule has 0 bridgehead atoms. The van der Waals surface area contributed by atoms with Crippen LogP contribution in [0, 0.1) is 5.92 Å². The molecule has 0 radical (unpaired) electrons. The zero-order valence-electron chi connectivity index (χ0n) is 11.1. The van der Waals surface area contributed by atoms with Gasteiger partial charge >= 0.3 is 0 Å². The van der Waals surface area contributed by atoms with Gasteiger partial charge in [-0.25, -0.2) is 0 Å². The van der Waals surface area contributed by atoms with E-state index in [9.17, 15) is 0 Å². The molecule has 0 unspecified atom stereocenters. The van der Waals surface area contributed by atoms with Gasteiger partial charge in [-0.1, -0.05) is 24.3 Å². The minimum Gasteiger partial charge on any atom is -0.381 e. The van der Waals surface area contributed by atoms with Gasteiger partial charge in [0, 0.05) is 31.3 Å². The molecule has 1 aromatic heterocycles. The molecule has 3 heteroatoms. The highest BCUT2D eigenvalue weighted by Crippen LogP contribution is 2.17. The predicted octanol–water partition coefficient (Wildman–Crippen LogP) is 2.75. The molecule has 1 aromatic carbocycles. The Morgan fingerprint density at radius 1 is 1.16 bits per heavy atom. The predicted molar refractivity (Wildman–Crippen MR) is 77.0 cm³/mol. The first-order valence-electron chi connectivity index (χ1n) is 7.04. The van der Waals surface area contributed by atoms with Gasteiger partial charge < -0.3 is 10.1 Å². The Labute approximate surface area is 114 Å². The van der Waals surface area contributed by atoms with Crippen molar-refractivity contribution in [3.05, 3.63) is 42.1 Å². The molecule has 19 heavy (non-hydrogen) atoms. The van der Waals surface area contributed by atoms with Crippen molar-refractivity contribution < 1.29 is 4.74 Å². The van der Waals surface area contributed by atoms with Crippen LogP contribution < -0.4 is 5.32 Å². The molecule has 1 fully saturated rings. The highest BCUT2D eigenvalue weighted by Gasteiger charge is 2.13. The molecule has 3 rings (SSSR count). The molecule has 2 heterocycles. The van der Waals surface area contributed by atoms with Crippen LogP contribution in [0.15, 0.2) is 36.5 Å². The monoisotopic (exact) mass is 256 g/mol. The van der Waals surface area contributed by atoms with E-state index in [1.165, 1.54) is 23.8 Å². The van der Waals surface area contributed by atoms with Crippen molar-refractivity contribution in [2.45, 2.75) is 19.4 Å². The second-order valence-electron chi connectivity index (χ2n) is 5.18. The van der Waals surface area contributed by atoms with Crippen molar-refractivity contribution >= 4 is 10.9 Å². The molecule has 0 amide bonds. The molecule has 0 aliphatic carbocycles. The van der Waals surface area contributed by atoms with E-state index in [0.29, 0.717) is 0 Å². The van der Waals surface area contributed by atoms with Gasteiger partial charge in [0.2, 0.25) is 0 Å². The molecular formula is C16H20N2O. The van der Waals surface area contributed by atoms with Gasteiger partial charge in [0.1, 0.15) is 0 Å². The number of ether oxygens (including phenoxy) is 1. The molecule has 0 spiro atoms. The summed E-state index contributed by atoms with van der Waals surface area (Å²) < 4.78 is 5.38. The Bertz CT molecular complexity index is 530. The standard InChI is InChI=1S/C16H20N2O/c1-3-14-5-2-8-18-16(14)15(4-1)12-17-11-13-6-9-19-10-7-13/h1-5,8,13,17H,6-7,9-12H2. The Morgan fingerprint density at radius 3 is 2.89 bits per heavy atom. The number of nitrogens with zero attached hydrogens (tertiary/aromatic N) is 1.